The summed E-state index contributed by atoms with van der Waals surface area (Å²) >= 11 is 0. The van der Waals surface area contributed by atoms with Crippen LogP contribution in [0.2, 0.25) is 0 Å². The Kier molecular flexibility index (Phi) is 21.5. The number of halogens is 2. The van der Waals surface area contributed by atoms with Gasteiger partial charge in [-0.1, -0.05) is 184 Å². The Bertz CT molecular complexity index is 2470. The van der Waals surface area contributed by atoms with Crippen LogP contribution in [0.25, 0.3) is 0 Å². The largest absolute Gasteiger partial charge is 0.295 e. The van der Waals surface area contributed by atoms with Gasteiger partial charge in [0, 0.05) is 17.9 Å². The number of carbonyl (C=O) groups is 1. The Morgan fingerprint density at radius 2 is 0.800 bits per heavy atom. The van der Waals surface area contributed by atoms with Crippen LogP contribution >= 0.6 is 0 Å². The third kappa shape index (κ3) is 21.6. The molecule has 0 amide bonds. The lowest BCUT2D eigenvalue weighted by atomic mass is 9.86. The first kappa shape index (κ1) is 58.5. The van der Waals surface area contributed by atoms with E-state index in [0.717, 1.165) is 22.8 Å². The van der Waals surface area contributed by atoms with Gasteiger partial charge in [0.05, 0.1) is 15.5 Å². The van der Waals surface area contributed by atoms with Crippen LogP contribution < -0.4 is 0 Å². The zero-order chi connectivity index (χ0) is 50.4. The summed E-state index contributed by atoms with van der Waals surface area (Å²) < 4.78 is 71.9. The normalized spacial score (nSPS) is 12.1. The molecule has 0 aromatic heterocycles. The average Bonchev–Trinajstić information content (AvgIpc) is 3.17. The fourth-order valence-electron chi connectivity index (χ4n) is 5.87. The average molecular weight is 933 g/mol. The predicted molar refractivity (Wildman–Crippen MR) is 271 cm³/mol. The molecule has 0 spiro atoms. The summed E-state index contributed by atoms with van der Waals surface area (Å²) in [5, 5.41) is 0. The fraction of sp³-hybridized carbons (Fsp3) is 0.446. The zero-order valence-corrected chi connectivity index (χ0v) is 44.2. The Labute approximate surface area is 393 Å². The molecule has 0 N–H and O–H groups in total. The van der Waals surface area contributed by atoms with Crippen molar-refractivity contribution >= 4 is 25.5 Å². The first-order valence-electron chi connectivity index (χ1n) is 22.2. The number of hydrogen-bond acceptors (Lipinski definition) is 5. The van der Waals surface area contributed by atoms with Crippen molar-refractivity contribution in [2.45, 2.75) is 161 Å². The quantitative estimate of drug-likeness (QED) is 0.164. The lowest BCUT2D eigenvalue weighted by Gasteiger charge is -2.19. The fourth-order valence-corrected chi connectivity index (χ4v) is 7.90. The zero-order valence-electron chi connectivity index (χ0n) is 42.6. The maximum atomic E-state index is 12.7. The van der Waals surface area contributed by atoms with Crippen LogP contribution in [0.15, 0.2) is 131 Å². The molecule has 65 heavy (non-hydrogen) atoms. The number of Topliss-reactive ketones (excluding diaryl/α,β-unsaturated/α-hetero) is 1. The van der Waals surface area contributed by atoms with Gasteiger partial charge >= 0.3 is 0 Å². The summed E-state index contributed by atoms with van der Waals surface area (Å²) in [6.45, 7) is 34.8. The van der Waals surface area contributed by atoms with Crippen molar-refractivity contribution in [1.82, 2.24) is 0 Å². The van der Waals surface area contributed by atoms with Crippen molar-refractivity contribution in [3.8, 4) is 0 Å². The van der Waals surface area contributed by atoms with E-state index in [1.807, 2.05) is 64.1 Å². The first-order chi connectivity index (χ1) is 29.4. The molecule has 0 bridgehead atoms. The van der Waals surface area contributed by atoms with E-state index in [-0.39, 0.29) is 33.2 Å². The second-order valence-electron chi connectivity index (χ2n) is 21.6. The van der Waals surface area contributed by atoms with Crippen molar-refractivity contribution < 1.29 is 30.4 Å². The minimum atomic E-state index is -3.09. The SMILES string of the molecule is CC(=O)c1cccc(C(C)(C)C)c1.CC(C)(C)c1cc(F)cc(F)c1.CC(C)(C)c1cccc(S(C)(=O)=O)c1.CC(C)(C)c1ccccc1.CCCS(=O)(=O)c1cccc(C(C)(C)C)c1. The molecule has 0 saturated heterocycles. The molecule has 0 fully saturated rings. The molecule has 5 aromatic rings. The minimum Gasteiger partial charge on any atom is -0.295 e. The van der Waals surface area contributed by atoms with E-state index < -0.39 is 31.3 Å². The summed E-state index contributed by atoms with van der Waals surface area (Å²) in [4.78, 5) is 12.0. The van der Waals surface area contributed by atoms with Crippen LogP contribution in [-0.2, 0) is 46.7 Å². The molecule has 0 aliphatic rings. The molecule has 5 nitrogen and oxygen atoms in total. The second-order valence-corrected chi connectivity index (χ2v) is 25.7. The molecule has 0 aliphatic heterocycles. The van der Waals surface area contributed by atoms with Crippen molar-refractivity contribution in [1.29, 1.82) is 0 Å². The van der Waals surface area contributed by atoms with E-state index in [9.17, 15) is 30.4 Å². The maximum Gasteiger partial charge on any atom is 0.178 e. The highest BCUT2D eigenvalue weighted by Crippen LogP contribution is 2.27. The van der Waals surface area contributed by atoms with Crippen LogP contribution in [0, 0.1) is 11.6 Å². The Morgan fingerprint density at radius 1 is 0.446 bits per heavy atom. The molecule has 358 valence electrons. The van der Waals surface area contributed by atoms with Gasteiger partial charge in [-0.05, 0) is 111 Å². The Balaban J connectivity index is 0.000000409. The predicted octanol–water partition coefficient (Wildman–Crippen LogP) is 15.0. The topological polar surface area (TPSA) is 85.3 Å². The number of rotatable bonds is 5. The molecule has 0 aliphatic carbocycles. The molecule has 5 aromatic carbocycles. The van der Waals surface area contributed by atoms with Gasteiger partial charge in [0.25, 0.3) is 0 Å². The van der Waals surface area contributed by atoms with Gasteiger partial charge in [0.1, 0.15) is 11.6 Å². The second kappa shape index (κ2) is 23.8. The van der Waals surface area contributed by atoms with Gasteiger partial charge in [-0.15, -0.1) is 0 Å². The third-order valence-corrected chi connectivity index (χ3v) is 13.2. The van der Waals surface area contributed by atoms with E-state index in [1.165, 1.54) is 29.5 Å². The number of benzene rings is 5. The minimum absolute atomic E-state index is 0.0132. The highest BCUT2D eigenvalue weighted by Gasteiger charge is 2.20. The monoisotopic (exact) mass is 933 g/mol. The number of ketones is 1. The molecule has 0 saturated carbocycles. The summed E-state index contributed by atoms with van der Waals surface area (Å²) in [6, 6.07) is 36.4. The molecule has 5 rings (SSSR count). The van der Waals surface area contributed by atoms with Gasteiger partial charge in [-0.2, -0.15) is 0 Å². The van der Waals surface area contributed by atoms with Gasteiger partial charge in [0.15, 0.2) is 25.5 Å². The van der Waals surface area contributed by atoms with Gasteiger partial charge in [0.2, 0.25) is 0 Å². The molecular weight excluding hydrogens is 855 g/mol. The van der Waals surface area contributed by atoms with Crippen molar-refractivity contribution in [3.63, 3.8) is 0 Å². The summed E-state index contributed by atoms with van der Waals surface area (Å²) in [6.07, 6.45) is 1.89. The van der Waals surface area contributed by atoms with E-state index in [2.05, 4.69) is 119 Å². The molecule has 9 heteroatoms. The molecule has 0 atom stereocenters. The van der Waals surface area contributed by atoms with Gasteiger partial charge in [-0.25, -0.2) is 25.6 Å². The standard InChI is InChI=1S/C13H20O2S.C12H16O.C11H16O2S.C10H12F2.C10H14/c1-5-9-16(14,15)12-8-6-7-11(10-12)13(2,3)4;1-9(13)10-6-5-7-11(8-10)12(2,3)4;1-11(2,3)9-6-5-7-10(8-9)14(4,12)13;1-10(2,3)7-4-8(11)6-9(12)5-7;1-10(2,3)9-7-5-4-6-8-9/h6-8,10H,5,9H2,1-4H3;5-8H,1-4H3;5-8H,1-4H3;4-6H,1-3H3;4-8H,1-3H3. The molecule has 0 radical (unpaired) electrons. The maximum absolute atomic E-state index is 12.7. The Hall–Kier alpha value is -4.47. The molecular formula is C56H78F2O5S2. The lowest BCUT2D eigenvalue weighted by Crippen LogP contribution is -2.13. The van der Waals surface area contributed by atoms with Crippen LogP contribution in [0.3, 0.4) is 0 Å². The van der Waals surface area contributed by atoms with Crippen LogP contribution in [0.5, 0.6) is 0 Å². The van der Waals surface area contributed by atoms with E-state index >= 15 is 0 Å². The lowest BCUT2D eigenvalue weighted by molar-refractivity contribution is 0.101. The van der Waals surface area contributed by atoms with E-state index in [1.54, 1.807) is 37.3 Å². The summed E-state index contributed by atoms with van der Waals surface area (Å²) in [5.41, 5.74) is 6.36. The molecule has 0 heterocycles. The van der Waals surface area contributed by atoms with Gasteiger partial charge < -0.3 is 0 Å². The first-order valence-corrected chi connectivity index (χ1v) is 25.7. The van der Waals surface area contributed by atoms with Crippen LogP contribution in [0.4, 0.5) is 8.78 Å². The Morgan fingerprint density at radius 3 is 1.15 bits per heavy atom. The molecule has 0 unspecified atom stereocenters. The smallest absolute Gasteiger partial charge is 0.178 e. The summed E-state index contributed by atoms with van der Waals surface area (Å²) in [7, 11) is -6.18. The van der Waals surface area contributed by atoms with Crippen LogP contribution in [-0.4, -0.2) is 34.6 Å². The van der Waals surface area contributed by atoms with Crippen molar-refractivity contribution in [2.24, 2.45) is 0 Å². The third-order valence-electron chi connectivity index (χ3n) is 10.2. The highest BCUT2D eigenvalue weighted by molar-refractivity contribution is 7.91. The van der Waals surface area contributed by atoms with Crippen molar-refractivity contribution in [3.05, 3.63) is 166 Å². The summed E-state index contributed by atoms with van der Waals surface area (Å²) in [5.74, 6) is -0.674. The number of hydrogen-bond donors (Lipinski definition) is 0. The number of sulfone groups is 2. The van der Waals surface area contributed by atoms with E-state index in [4.69, 9.17) is 0 Å². The van der Waals surface area contributed by atoms with Crippen LogP contribution in [0.1, 0.15) is 162 Å². The van der Waals surface area contributed by atoms with E-state index in [0.29, 0.717) is 27.2 Å². The van der Waals surface area contributed by atoms with Crippen molar-refractivity contribution in [2.75, 3.05) is 12.0 Å². The highest BCUT2D eigenvalue weighted by atomic mass is 32.2. The van der Waals surface area contributed by atoms with Gasteiger partial charge in [-0.3, -0.25) is 4.79 Å². The number of carbonyl (C=O) groups excluding carboxylic acids is 1.